The van der Waals surface area contributed by atoms with Crippen LogP contribution < -0.4 is 14.2 Å². The Kier molecular flexibility index (Phi) is 8.29. The molecular formula is C26H30N2O7S. The number of methoxy groups -OCH3 is 3. The van der Waals surface area contributed by atoms with Crippen molar-refractivity contribution in [3.8, 4) is 28.6 Å². The molecule has 0 N–H and O–H groups in total. The summed E-state index contributed by atoms with van der Waals surface area (Å²) < 4.78 is 55.4. The van der Waals surface area contributed by atoms with Crippen LogP contribution in [0.1, 0.15) is 24.1 Å². The summed E-state index contributed by atoms with van der Waals surface area (Å²) >= 11 is 0. The number of ether oxygens (including phenoxy) is 4. The number of rotatable bonds is 11. The highest BCUT2D eigenvalue weighted by Crippen LogP contribution is 2.41. The zero-order chi connectivity index (χ0) is 25.5. The third kappa shape index (κ3) is 6.07. The van der Waals surface area contributed by atoms with Gasteiger partial charge in [0, 0.05) is 30.2 Å². The van der Waals surface area contributed by atoms with Crippen molar-refractivity contribution in [2.75, 3.05) is 34.5 Å². The zero-order valence-electron chi connectivity index (χ0n) is 20.5. The number of sulfonamides is 1. The van der Waals surface area contributed by atoms with Crippen molar-refractivity contribution in [3.05, 3.63) is 65.2 Å². The molecule has 10 heteroatoms. The molecule has 1 aromatic heterocycles. The standard InChI is InChI=1S/C26H30N2O7S/c1-31-24-14-20(15-25(32-2)26(24)33-3)23-16-21(27-35-23)17-28(18-22-10-7-12-34-22)36(29,30)13-11-19-8-5-4-6-9-19/h4-6,8-9,11,13-16,22H,7,10,12,17-18H2,1-3H3/b13-11+/t22-/m0/s1. The van der Waals surface area contributed by atoms with Crippen molar-refractivity contribution in [2.45, 2.75) is 25.5 Å². The fourth-order valence-corrected chi connectivity index (χ4v) is 5.20. The minimum atomic E-state index is -3.76. The second kappa shape index (κ2) is 11.6. The van der Waals surface area contributed by atoms with Crippen molar-refractivity contribution in [1.82, 2.24) is 9.46 Å². The molecule has 2 aromatic carbocycles. The van der Waals surface area contributed by atoms with Crippen LogP contribution in [0, 0.1) is 0 Å². The predicted molar refractivity (Wildman–Crippen MR) is 135 cm³/mol. The molecule has 192 valence electrons. The van der Waals surface area contributed by atoms with E-state index in [0.29, 0.717) is 40.9 Å². The van der Waals surface area contributed by atoms with Crippen LogP contribution in [0.3, 0.4) is 0 Å². The van der Waals surface area contributed by atoms with E-state index in [4.69, 9.17) is 23.5 Å². The molecule has 36 heavy (non-hydrogen) atoms. The molecule has 0 bridgehead atoms. The third-order valence-electron chi connectivity index (χ3n) is 5.87. The number of nitrogens with zero attached hydrogens (tertiary/aromatic N) is 2. The number of benzene rings is 2. The summed E-state index contributed by atoms with van der Waals surface area (Å²) in [6, 6.07) is 14.5. The lowest BCUT2D eigenvalue weighted by Crippen LogP contribution is -2.35. The Morgan fingerprint density at radius 1 is 1.06 bits per heavy atom. The van der Waals surface area contributed by atoms with Crippen LogP contribution in [0.4, 0.5) is 0 Å². The zero-order valence-corrected chi connectivity index (χ0v) is 21.4. The van der Waals surface area contributed by atoms with Crippen molar-refractivity contribution < 1.29 is 31.9 Å². The second-order valence-electron chi connectivity index (χ2n) is 8.28. The van der Waals surface area contributed by atoms with Gasteiger partial charge in [0.05, 0.1) is 39.7 Å². The maximum atomic E-state index is 13.3. The van der Waals surface area contributed by atoms with Crippen LogP contribution in [0.15, 0.2) is 58.5 Å². The first-order chi connectivity index (χ1) is 17.4. The van der Waals surface area contributed by atoms with Gasteiger partial charge in [0.2, 0.25) is 15.8 Å². The van der Waals surface area contributed by atoms with Gasteiger partial charge >= 0.3 is 0 Å². The van der Waals surface area contributed by atoms with Crippen LogP contribution in [-0.2, 0) is 21.3 Å². The van der Waals surface area contributed by atoms with Gasteiger partial charge in [-0.3, -0.25) is 0 Å². The first-order valence-electron chi connectivity index (χ1n) is 11.5. The molecule has 0 spiro atoms. The minimum absolute atomic E-state index is 0.0370. The quantitative estimate of drug-likeness (QED) is 0.372. The second-order valence-corrected chi connectivity index (χ2v) is 10.1. The molecule has 1 atom stereocenters. The van der Waals surface area contributed by atoms with E-state index in [1.807, 2.05) is 30.3 Å². The molecule has 4 rings (SSSR count). The van der Waals surface area contributed by atoms with Crippen molar-refractivity contribution >= 4 is 16.1 Å². The van der Waals surface area contributed by atoms with Crippen molar-refractivity contribution in [2.24, 2.45) is 0 Å². The van der Waals surface area contributed by atoms with Gasteiger partial charge in [0.25, 0.3) is 0 Å². The van der Waals surface area contributed by atoms with Gasteiger partial charge in [-0.2, -0.15) is 4.31 Å². The molecule has 3 aromatic rings. The monoisotopic (exact) mass is 514 g/mol. The lowest BCUT2D eigenvalue weighted by atomic mass is 10.1. The lowest BCUT2D eigenvalue weighted by Gasteiger charge is -2.22. The molecule has 0 radical (unpaired) electrons. The minimum Gasteiger partial charge on any atom is -0.493 e. The molecule has 1 saturated heterocycles. The highest BCUT2D eigenvalue weighted by Gasteiger charge is 2.27. The van der Waals surface area contributed by atoms with Crippen molar-refractivity contribution in [3.63, 3.8) is 0 Å². The van der Waals surface area contributed by atoms with Gasteiger partial charge in [-0.05, 0) is 36.6 Å². The molecule has 0 saturated carbocycles. The summed E-state index contributed by atoms with van der Waals surface area (Å²) in [4.78, 5) is 0. The molecule has 1 fully saturated rings. The van der Waals surface area contributed by atoms with E-state index >= 15 is 0 Å². The average molecular weight is 515 g/mol. The fourth-order valence-electron chi connectivity index (χ4n) is 4.02. The summed E-state index contributed by atoms with van der Waals surface area (Å²) in [5.41, 5.74) is 1.92. The van der Waals surface area contributed by atoms with E-state index in [1.165, 1.54) is 31.0 Å². The van der Waals surface area contributed by atoms with E-state index in [-0.39, 0.29) is 19.2 Å². The van der Waals surface area contributed by atoms with Crippen LogP contribution in [0.2, 0.25) is 0 Å². The SMILES string of the molecule is COc1cc(-c2cc(CN(C[C@@H]3CCCO3)S(=O)(=O)/C=C/c3ccccc3)no2)cc(OC)c1OC. The summed E-state index contributed by atoms with van der Waals surface area (Å²) in [7, 11) is 0.835. The van der Waals surface area contributed by atoms with Gasteiger partial charge in [-0.1, -0.05) is 35.5 Å². The highest BCUT2D eigenvalue weighted by molar-refractivity contribution is 7.92. The first-order valence-corrected chi connectivity index (χ1v) is 13.0. The topological polar surface area (TPSA) is 100 Å². The maximum Gasteiger partial charge on any atom is 0.236 e. The summed E-state index contributed by atoms with van der Waals surface area (Å²) in [5, 5.41) is 5.35. The van der Waals surface area contributed by atoms with Gasteiger partial charge in [-0.25, -0.2) is 8.42 Å². The normalized spacial score (nSPS) is 16.1. The summed E-state index contributed by atoms with van der Waals surface area (Å²) in [6.45, 7) is 0.900. The number of aromatic nitrogens is 1. The Labute approximate surface area is 211 Å². The molecule has 0 aliphatic carbocycles. The van der Waals surface area contributed by atoms with E-state index in [2.05, 4.69) is 5.16 Å². The van der Waals surface area contributed by atoms with Gasteiger partial charge in [-0.15, -0.1) is 0 Å². The Morgan fingerprint density at radius 2 is 1.78 bits per heavy atom. The first kappa shape index (κ1) is 25.7. The lowest BCUT2D eigenvalue weighted by molar-refractivity contribution is 0.0925. The van der Waals surface area contributed by atoms with Crippen LogP contribution in [0.5, 0.6) is 17.2 Å². The average Bonchev–Trinajstić information content (AvgIpc) is 3.59. The Balaban J connectivity index is 1.59. The Morgan fingerprint density at radius 3 is 2.39 bits per heavy atom. The van der Waals surface area contributed by atoms with Crippen molar-refractivity contribution in [1.29, 1.82) is 0 Å². The fraction of sp³-hybridized carbons (Fsp3) is 0.346. The molecule has 9 nitrogen and oxygen atoms in total. The van der Waals surface area contributed by atoms with E-state index in [1.54, 1.807) is 24.3 Å². The van der Waals surface area contributed by atoms with E-state index in [9.17, 15) is 8.42 Å². The number of hydrogen-bond acceptors (Lipinski definition) is 8. The summed E-state index contributed by atoms with van der Waals surface area (Å²) in [6.07, 6.45) is 3.14. The molecular weight excluding hydrogens is 484 g/mol. The molecule has 1 aliphatic heterocycles. The third-order valence-corrected chi connectivity index (χ3v) is 7.35. The molecule has 0 amide bonds. The van der Waals surface area contributed by atoms with Gasteiger partial charge in [0.1, 0.15) is 0 Å². The Bertz CT molecular complexity index is 1260. The molecule has 2 heterocycles. The van der Waals surface area contributed by atoms with E-state index < -0.39 is 10.0 Å². The maximum absolute atomic E-state index is 13.3. The van der Waals surface area contributed by atoms with Gasteiger partial charge in [0.15, 0.2) is 17.3 Å². The highest BCUT2D eigenvalue weighted by atomic mass is 32.2. The Hall–Kier alpha value is -3.34. The summed E-state index contributed by atoms with van der Waals surface area (Å²) in [5.74, 6) is 1.85. The van der Waals surface area contributed by atoms with Crippen LogP contribution >= 0.6 is 0 Å². The number of hydrogen-bond donors (Lipinski definition) is 0. The smallest absolute Gasteiger partial charge is 0.236 e. The van der Waals surface area contributed by atoms with E-state index in [0.717, 1.165) is 18.4 Å². The molecule has 1 aliphatic rings. The van der Waals surface area contributed by atoms with Crippen LogP contribution in [0.25, 0.3) is 17.4 Å². The van der Waals surface area contributed by atoms with Crippen LogP contribution in [-0.4, -0.2) is 58.5 Å². The largest absolute Gasteiger partial charge is 0.493 e. The predicted octanol–water partition coefficient (Wildman–Crippen LogP) is 4.35. The molecule has 0 unspecified atom stereocenters. The van der Waals surface area contributed by atoms with Gasteiger partial charge < -0.3 is 23.5 Å².